The molecule has 0 unspecified atom stereocenters. The van der Waals surface area contributed by atoms with Crippen LogP contribution < -0.4 is 0 Å². The molecule has 1 aromatic heterocycles. The first kappa shape index (κ1) is 10.7. The van der Waals surface area contributed by atoms with Gasteiger partial charge in [-0.25, -0.2) is 0 Å². The van der Waals surface area contributed by atoms with Crippen molar-refractivity contribution in [2.45, 2.75) is 11.9 Å². The Morgan fingerprint density at radius 2 is 2.07 bits per heavy atom. The predicted octanol–water partition coefficient (Wildman–Crippen LogP) is 3.48. The molecule has 0 spiro atoms. The summed E-state index contributed by atoms with van der Waals surface area (Å²) >= 11 is 9.43. The lowest BCUT2D eigenvalue weighted by Crippen LogP contribution is -2.01. The van der Waals surface area contributed by atoms with Crippen LogP contribution in [0.5, 0.6) is 0 Å². The standard InChI is InChI=1S/C11H10BrClN2/c12-7-10-5-6-15(14-10)8-9-3-1-2-4-11(9)13/h1-6H,7-8H2. The van der Waals surface area contributed by atoms with E-state index in [0.717, 1.165) is 21.6 Å². The van der Waals surface area contributed by atoms with Gasteiger partial charge in [-0.15, -0.1) is 0 Å². The Hall–Kier alpha value is -0.800. The zero-order valence-electron chi connectivity index (χ0n) is 8.03. The zero-order valence-corrected chi connectivity index (χ0v) is 10.4. The number of benzene rings is 1. The number of alkyl halides is 1. The molecule has 1 heterocycles. The average molecular weight is 286 g/mol. The van der Waals surface area contributed by atoms with Gasteiger partial charge in [0, 0.05) is 16.5 Å². The highest BCUT2D eigenvalue weighted by atomic mass is 79.9. The Morgan fingerprint density at radius 1 is 1.27 bits per heavy atom. The fraction of sp³-hybridized carbons (Fsp3) is 0.182. The predicted molar refractivity (Wildman–Crippen MR) is 65.4 cm³/mol. The summed E-state index contributed by atoms with van der Waals surface area (Å²) in [6.45, 7) is 0.715. The first-order valence-electron chi connectivity index (χ1n) is 4.61. The molecule has 2 rings (SSSR count). The van der Waals surface area contributed by atoms with Gasteiger partial charge in [0.25, 0.3) is 0 Å². The van der Waals surface area contributed by atoms with Crippen molar-refractivity contribution in [2.75, 3.05) is 0 Å². The molecule has 0 atom stereocenters. The smallest absolute Gasteiger partial charge is 0.0730 e. The maximum atomic E-state index is 6.06. The van der Waals surface area contributed by atoms with E-state index >= 15 is 0 Å². The molecule has 1 aromatic carbocycles. The molecule has 0 saturated heterocycles. The monoisotopic (exact) mass is 284 g/mol. The summed E-state index contributed by atoms with van der Waals surface area (Å²) in [5.41, 5.74) is 2.12. The molecule has 0 fully saturated rings. The average Bonchev–Trinajstić information content (AvgIpc) is 2.69. The third-order valence-corrected chi connectivity index (χ3v) is 3.07. The van der Waals surface area contributed by atoms with E-state index in [2.05, 4.69) is 21.0 Å². The first-order valence-corrected chi connectivity index (χ1v) is 6.11. The minimum Gasteiger partial charge on any atom is -0.268 e. The minimum atomic E-state index is 0.715. The van der Waals surface area contributed by atoms with Crippen molar-refractivity contribution in [1.29, 1.82) is 0 Å². The molecule has 2 nitrogen and oxygen atoms in total. The highest BCUT2D eigenvalue weighted by molar-refractivity contribution is 9.08. The number of rotatable bonds is 3. The van der Waals surface area contributed by atoms with Crippen LogP contribution in [0.2, 0.25) is 5.02 Å². The van der Waals surface area contributed by atoms with Gasteiger partial charge >= 0.3 is 0 Å². The summed E-state index contributed by atoms with van der Waals surface area (Å²) in [7, 11) is 0. The van der Waals surface area contributed by atoms with E-state index in [-0.39, 0.29) is 0 Å². The van der Waals surface area contributed by atoms with Gasteiger partial charge < -0.3 is 0 Å². The largest absolute Gasteiger partial charge is 0.268 e. The van der Waals surface area contributed by atoms with Crippen LogP contribution in [0.3, 0.4) is 0 Å². The van der Waals surface area contributed by atoms with E-state index in [4.69, 9.17) is 11.6 Å². The molecule has 4 heteroatoms. The Labute approximate surface area is 102 Å². The number of hydrogen-bond acceptors (Lipinski definition) is 1. The molecule has 0 bridgehead atoms. The molecule has 78 valence electrons. The SMILES string of the molecule is Clc1ccccc1Cn1ccc(CBr)n1. The first-order chi connectivity index (χ1) is 7.29. The van der Waals surface area contributed by atoms with Crippen molar-refractivity contribution in [2.24, 2.45) is 0 Å². The number of aromatic nitrogens is 2. The van der Waals surface area contributed by atoms with E-state index in [1.54, 1.807) is 0 Å². The summed E-state index contributed by atoms with van der Waals surface area (Å²) in [5.74, 6) is 0. The number of halogens is 2. The second kappa shape index (κ2) is 4.81. The van der Waals surface area contributed by atoms with Crippen LogP contribution in [0.4, 0.5) is 0 Å². The highest BCUT2D eigenvalue weighted by Gasteiger charge is 2.01. The summed E-state index contributed by atoms with van der Waals surface area (Å²) in [5, 5.41) is 5.94. The van der Waals surface area contributed by atoms with Crippen LogP contribution in [0.25, 0.3) is 0 Å². The summed E-state index contributed by atoms with van der Waals surface area (Å²) in [6.07, 6.45) is 1.96. The molecule has 0 aliphatic rings. The summed E-state index contributed by atoms with van der Waals surface area (Å²) < 4.78 is 1.89. The van der Waals surface area contributed by atoms with Crippen molar-refractivity contribution >= 4 is 27.5 Å². The summed E-state index contributed by atoms with van der Waals surface area (Å²) in [6, 6.07) is 9.81. The Morgan fingerprint density at radius 3 is 2.73 bits per heavy atom. The molecule has 0 saturated carbocycles. The lowest BCUT2D eigenvalue weighted by atomic mass is 10.2. The Kier molecular flexibility index (Phi) is 3.44. The molecule has 0 N–H and O–H groups in total. The van der Waals surface area contributed by atoms with Gasteiger partial charge in [-0.2, -0.15) is 5.10 Å². The van der Waals surface area contributed by atoms with E-state index in [1.807, 2.05) is 41.2 Å². The fourth-order valence-corrected chi connectivity index (χ4v) is 1.86. The van der Waals surface area contributed by atoms with Crippen LogP contribution in [0.1, 0.15) is 11.3 Å². The third-order valence-electron chi connectivity index (χ3n) is 2.12. The number of hydrogen-bond donors (Lipinski definition) is 0. The highest BCUT2D eigenvalue weighted by Crippen LogP contribution is 2.16. The minimum absolute atomic E-state index is 0.715. The van der Waals surface area contributed by atoms with Crippen molar-refractivity contribution in [3.8, 4) is 0 Å². The van der Waals surface area contributed by atoms with Crippen LogP contribution >= 0.6 is 27.5 Å². The zero-order chi connectivity index (χ0) is 10.7. The second-order valence-electron chi connectivity index (χ2n) is 3.23. The Balaban J connectivity index is 2.18. The molecular weight excluding hydrogens is 275 g/mol. The van der Waals surface area contributed by atoms with E-state index in [9.17, 15) is 0 Å². The van der Waals surface area contributed by atoms with E-state index < -0.39 is 0 Å². The van der Waals surface area contributed by atoms with Crippen molar-refractivity contribution < 1.29 is 0 Å². The van der Waals surface area contributed by atoms with E-state index in [1.165, 1.54) is 0 Å². The Bertz CT molecular complexity index is 453. The second-order valence-corrected chi connectivity index (χ2v) is 4.20. The molecule has 0 aliphatic carbocycles. The molecule has 15 heavy (non-hydrogen) atoms. The van der Waals surface area contributed by atoms with Crippen molar-refractivity contribution in [3.05, 3.63) is 52.8 Å². The molecule has 0 amide bonds. The molecule has 0 radical (unpaired) electrons. The quantitative estimate of drug-likeness (QED) is 0.790. The van der Waals surface area contributed by atoms with Crippen LogP contribution in [0.15, 0.2) is 36.5 Å². The van der Waals surface area contributed by atoms with Crippen LogP contribution in [0, 0.1) is 0 Å². The summed E-state index contributed by atoms with van der Waals surface area (Å²) in [4.78, 5) is 0. The molecule has 2 aromatic rings. The lowest BCUT2D eigenvalue weighted by molar-refractivity contribution is 0.679. The molecular formula is C11H10BrClN2. The van der Waals surface area contributed by atoms with Gasteiger partial charge in [0.1, 0.15) is 0 Å². The fourth-order valence-electron chi connectivity index (χ4n) is 1.36. The third kappa shape index (κ3) is 2.61. The van der Waals surface area contributed by atoms with Crippen LogP contribution in [-0.2, 0) is 11.9 Å². The van der Waals surface area contributed by atoms with Gasteiger partial charge in [-0.3, -0.25) is 4.68 Å². The van der Waals surface area contributed by atoms with Gasteiger partial charge in [0.2, 0.25) is 0 Å². The van der Waals surface area contributed by atoms with Crippen molar-refractivity contribution in [3.63, 3.8) is 0 Å². The van der Waals surface area contributed by atoms with E-state index in [0.29, 0.717) is 6.54 Å². The maximum absolute atomic E-state index is 6.06. The topological polar surface area (TPSA) is 17.8 Å². The van der Waals surface area contributed by atoms with Gasteiger partial charge in [-0.1, -0.05) is 45.7 Å². The normalized spacial score (nSPS) is 10.5. The lowest BCUT2D eigenvalue weighted by Gasteiger charge is -2.03. The van der Waals surface area contributed by atoms with Gasteiger partial charge in [-0.05, 0) is 17.7 Å². The van der Waals surface area contributed by atoms with Gasteiger partial charge in [0.15, 0.2) is 0 Å². The van der Waals surface area contributed by atoms with Crippen LogP contribution in [-0.4, -0.2) is 9.78 Å². The molecule has 0 aliphatic heterocycles. The van der Waals surface area contributed by atoms with Crippen molar-refractivity contribution in [1.82, 2.24) is 9.78 Å². The van der Waals surface area contributed by atoms with Gasteiger partial charge in [0.05, 0.1) is 12.2 Å². The maximum Gasteiger partial charge on any atom is 0.0730 e. The number of nitrogens with zero attached hydrogens (tertiary/aromatic N) is 2.